The van der Waals surface area contributed by atoms with Crippen LogP contribution < -0.4 is 0 Å². The summed E-state index contributed by atoms with van der Waals surface area (Å²) >= 11 is 0. The molecule has 10 atom stereocenters. The summed E-state index contributed by atoms with van der Waals surface area (Å²) < 4.78 is 12.1. The maximum Gasteiger partial charge on any atom is 0.331 e. The first-order chi connectivity index (χ1) is 16.9. The number of benzene rings is 1. The lowest BCUT2D eigenvalue weighted by atomic mass is 9.32. The van der Waals surface area contributed by atoms with Crippen LogP contribution in [0.2, 0.25) is 0 Å². The molecule has 0 heterocycles. The third kappa shape index (κ3) is 3.07. The second-order valence-electron chi connectivity index (χ2n) is 12.8. The number of ketones is 1. The number of aliphatic hydroxyl groups is 2. The molecule has 0 bridgehead atoms. The normalized spacial score (nSPS) is 47.0. The molecule has 196 valence electrons. The minimum absolute atomic E-state index is 0.0867. The topological polar surface area (TPSA) is 93.1 Å². The number of carbonyl (C=O) groups is 2. The van der Waals surface area contributed by atoms with Gasteiger partial charge in [-0.2, -0.15) is 0 Å². The maximum atomic E-state index is 14.8. The minimum atomic E-state index is -1.58. The Bertz CT molecular complexity index is 1070. The summed E-state index contributed by atoms with van der Waals surface area (Å²) in [7, 11) is 1.69. The lowest BCUT2D eigenvalue weighted by Crippen LogP contribution is -2.79. The summed E-state index contributed by atoms with van der Waals surface area (Å²) in [6.07, 6.45) is 2.67. The molecule has 4 fully saturated rings. The Hall–Kier alpha value is -2.02. The van der Waals surface area contributed by atoms with Crippen LogP contribution >= 0.6 is 0 Å². The smallest absolute Gasteiger partial charge is 0.331 e. The molecule has 4 aliphatic carbocycles. The SMILES string of the molecule is CO[C@@H]1[C@@H]2[C@H](CC[C@@]3(C)[C@H](O)[C@H]4[C@@H](O)[C@@H](C)C[C@]4(OC(=O)/C=C/c4ccccc4)C(=O)[C@@]23C)C1(C)C. The van der Waals surface area contributed by atoms with Crippen LogP contribution in [-0.2, 0) is 19.1 Å². The molecule has 0 aliphatic heterocycles. The lowest BCUT2D eigenvalue weighted by Gasteiger charge is -2.73. The lowest BCUT2D eigenvalue weighted by molar-refractivity contribution is -0.299. The number of hydrogen-bond acceptors (Lipinski definition) is 6. The quantitative estimate of drug-likeness (QED) is 0.483. The number of esters is 1. The van der Waals surface area contributed by atoms with E-state index in [2.05, 4.69) is 13.8 Å². The molecule has 0 radical (unpaired) electrons. The van der Waals surface area contributed by atoms with Crippen molar-refractivity contribution in [2.75, 3.05) is 7.11 Å². The van der Waals surface area contributed by atoms with Crippen LogP contribution in [0, 0.1) is 39.9 Å². The largest absolute Gasteiger partial charge is 0.447 e. The monoisotopic (exact) mass is 496 g/mol. The molecule has 6 heteroatoms. The second kappa shape index (κ2) is 8.24. The molecule has 2 N–H and O–H groups in total. The van der Waals surface area contributed by atoms with Crippen molar-refractivity contribution in [1.82, 2.24) is 0 Å². The molecule has 0 amide bonds. The third-order valence-electron chi connectivity index (χ3n) is 11.0. The number of methoxy groups -OCH3 is 1. The third-order valence-corrected chi connectivity index (χ3v) is 11.0. The van der Waals surface area contributed by atoms with Gasteiger partial charge in [-0.25, -0.2) is 4.79 Å². The number of ether oxygens (including phenoxy) is 2. The van der Waals surface area contributed by atoms with Crippen molar-refractivity contribution < 1.29 is 29.3 Å². The Kier molecular flexibility index (Phi) is 5.86. The minimum Gasteiger partial charge on any atom is -0.447 e. The predicted molar refractivity (Wildman–Crippen MR) is 136 cm³/mol. The Labute approximate surface area is 214 Å². The number of hydrogen-bond donors (Lipinski definition) is 2. The molecule has 6 nitrogen and oxygen atoms in total. The molecule has 1 aromatic rings. The Morgan fingerprint density at radius 1 is 1.08 bits per heavy atom. The fourth-order valence-electron chi connectivity index (χ4n) is 8.88. The van der Waals surface area contributed by atoms with Crippen molar-refractivity contribution in [2.24, 2.45) is 39.9 Å². The van der Waals surface area contributed by atoms with Gasteiger partial charge in [0.05, 0.1) is 24.2 Å². The van der Waals surface area contributed by atoms with Crippen molar-refractivity contribution in [3.8, 4) is 0 Å². The van der Waals surface area contributed by atoms with E-state index in [1.807, 2.05) is 51.1 Å². The van der Waals surface area contributed by atoms with E-state index < -0.39 is 40.5 Å². The number of rotatable bonds is 4. The Morgan fingerprint density at radius 2 is 1.75 bits per heavy atom. The molecule has 4 aliphatic rings. The standard InChI is InChI=1S/C30H40O6/c1-17-16-30(36-20(31)13-12-18-10-8-7-9-11-18)22(23(17)32)24(33)28(4)15-14-19-21(29(28,5)26(30)34)25(35-6)27(19,2)3/h7-13,17,19,21-25,32-33H,14-16H2,1-6H3/b13-12+/t17-,19-,21-,22+,23-,24+,25+,28-,29+,30+/m0/s1. The first kappa shape index (κ1) is 25.6. The van der Waals surface area contributed by atoms with Crippen molar-refractivity contribution in [3.63, 3.8) is 0 Å². The van der Waals surface area contributed by atoms with E-state index in [0.29, 0.717) is 6.42 Å². The van der Waals surface area contributed by atoms with Gasteiger partial charge < -0.3 is 19.7 Å². The number of carbonyl (C=O) groups excluding carboxylic acids is 2. The summed E-state index contributed by atoms with van der Waals surface area (Å²) in [6.45, 7) is 10.2. The molecule has 36 heavy (non-hydrogen) atoms. The molecule has 1 aromatic carbocycles. The van der Waals surface area contributed by atoms with Gasteiger partial charge in [0.15, 0.2) is 11.4 Å². The van der Waals surface area contributed by atoms with Gasteiger partial charge in [-0.3, -0.25) is 4.79 Å². The van der Waals surface area contributed by atoms with E-state index in [1.165, 1.54) is 6.08 Å². The summed E-state index contributed by atoms with van der Waals surface area (Å²) in [5.74, 6) is -1.78. The van der Waals surface area contributed by atoms with Gasteiger partial charge in [0.25, 0.3) is 0 Å². The zero-order valence-corrected chi connectivity index (χ0v) is 22.2. The van der Waals surface area contributed by atoms with E-state index in [0.717, 1.165) is 12.0 Å². The van der Waals surface area contributed by atoms with E-state index >= 15 is 0 Å². The molecule has 0 spiro atoms. The maximum absolute atomic E-state index is 14.8. The molecular formula is C30H40O6. The molecule has 4 saturated carbocycles. The van der Waals surface area contributed by atoms with E-state index in [1.54, 1.807) is 13.2 Å². The first-order valence-corrected chi connectivity index (χ1v) is 13.3. The van der Waals surface area contributed by atoms with Gasteiger partial charge in [0.1, 0.15) is 0 Å². The highest BCUT2D eigenvalue weighted by atomic mass is 16.6. The van der Waals surface area contributed by atoms with Crippen molar-refractivity contribution in [3.05, 3.63) is 42.0 Å². The van der Waals surface area contributed by atoms with Gasteiger partial charge in [-0.1, -0.05) is 65.0 Å². The van der Waals surface area contributed by atoms with Gasteiger partial charge in [-0.15, -0.1) is 0 Å². The Balaban J connectivity index is 1.57. The summed E-state index contributed by atoms with van der Waals surface area (Å²) in [4.78, 5) is 28.0. The zero-order chi connectivity index (χ0) is 26.3. The molecule has 0 saturated heterocycles. The number of fused-ring (bicyclic) bond motifs is 4. The molecule has 0 unspecified atom stereocenters. The summed E-state index contributed by atoms with van der Waals surface area (Å²) in [5, 5.41) is 23.2. The van der Waals surface area contributed by atoms with E-state index in [9.17, 15) is 19.8 Å². The average molecular weight is 497 g/mol. The van der Waals surface area contributed by atoms with E-state index in [4.69, 9.17) is 9.47 Å². The van der Waals surface area contributed by atoms with Gasteiger partial charge in [-0.05, 0) is 48.2 Å². The van der Waals surface area contributed by atoms with Gasteiger partial charge in [0.2, 0.25) is 0 Å². The summed E-state index contributed by atoms with van der Waals surface area (Å²) in [6, 6.07) is 9.40. The zero-order valence-electron chi connectivity index (χ0n) is 22.2. The van der Waals surface area contributed by atoms with Crippen molar-refractivity contribution in [2.45, 2.75) is 77.8 Å². The van der Waals surface area contributed by atoms with E-state index in [-0.39, 0.29) is 41.5 Å². The fraction of sp³-hybridized carbons (Fsp3) is 0.667. The second-order valence-corrected chi connectivity index (χ2v) is 12.8. The van der Waals surface area contributed by atoms with Crippen LogP contribution in [0.15, 0.2) is 36.4 Å². The number of aliphatic hydroxyl groups excluding tert-OH is 2. The Morgan fingerprint density at radius 3 is 2.39 bits per heavy atom. The molecule has 0 aromatic heterocycles. The van der Waals surface area contributed by atoms with Gasteiger partial charge in [0, 0.05) is 29.9 Å². The van der Waals surface area contributed by atoms with Crippen LogP contribution in [0.4, 0.5) is 0 Å². The van der Waals surface area contributed by atoms with Gasteiger partial charge >= 0.3 is 5.97 Å². The summed E-state index contributed by atoms with van der Waals surface area (Å²) in [5.41, 5.74) is -2.55. The van der Waals surface area contributed by atoms with Crippen LogP contribution in [0.25, 0.3) is 6.08 Å². The van der Waals surface area contributed by atoms with Crippen molar-refractivity contribution in [1.29, 1.82) is 0 Å². The molecule has 5 rings (SSSR count). The average Bonchev–Trinajstić information content (AvgIpc) is 3.09. The highest BCUT2D eigenvalue weighted by Crippen LogP contribution is 2.74. The van der Waals surface area contributed by atoms with Crippen molar-refractivity contribution >= 4 is 17.8 Å². The van der Waals surface area contributed by atoms with Crippen LogP contribution in [0.1, 0.15) is 59.4 Å². The van der Waals surface area contributed by atoms with Crippen LogP contribution in [0.5, 0.6) is 0 Å². The van der Waals surface area contributed by atoms with Crippen LogP contribution in [0.3, 0.4) is 0 Å². The fourth-order valence-corrected chi connectivity index (χ4v) is 8.88. The number of Topliss-reactive ketones (excluding diaryl/α,β-unsaturated/α-hetero) is 1. The highest BCUT2D eigenvalue weighted by molar-refractivity contribution is 5.99. The van der Waals surface area contributed by atoms with Crippen LogP contribution in [-0.4, -0.2) is 53.0 Å². The highest BCUT2D eigenvalue weighted by Gasteiger charge is 2.81. The molecular weight excluding hydrogens is 456 g/mol. The first-order valence-electron chi connectivity index (χ1n) is 13.3. The predicted octanol–water partition coefficient (Wildman–Crippen LogP) is 4.04.